The molecule has 6 rings (SSSR count). The molecule has 9 heteroatoms. The van der Waals surface area contributed by atoms with E-state index in [1.165, 1.54) is 11.1 Å². The van der Waals surface area contributed by atoms with Crippen LogP contribution >= 0.6 is 11.6 Å². The number of carbonyl (C=O) groups excluding carboxylic acids is 1. The Morgan fingerprint density at radius 1 is 1.07 bits per heavy atom. The van der Waals surface area contributed by atoms with E-state index in [1.807, 2.05) is 30.3 Å². The number of fused-ring (bicyclic) bond motifs is 2. The van der Waals surface area contributed by atoms with Crippen LogP contribution in [-0.2, 0) is 6.54 Å². The molecule has 1 unspecified atom stereocenters. The highest BCUT2D eigenvalue weighted by Crippen LogP contribution is 2.41. The number of aryl methyl sites for hydroxylation is 2. The number of hydrogen-bond acceptors (Lipinski definition) is 5. The number of benzene rings is 2. The first-order chi connectivity index (χ1) is 19.9. The van der Waals surface area contributed by atoms with Crippen molar-refractivity contribution in [2.45, 2.75) is 26.4 Å². The summed E-state index contributed by atoms with van der Waals surface area (Å²) in [6, 6.07) is 17.4. The number of hydrogen-bond donors (Lipinski definition) is 1. The maximum atomic E-state index is 13.0. The quantitative estimate of drug-likeness (QED) is 0.333. The molecule has 1 N–H and O–H groups in total. The molecule has 1 saturated heterocycles. The first-order valence-corrected chi connectivity index (χ1v) is 14.0. The lowest BCUT2D eigenvalue weighted by Crippen LogP contribution is -2.51. The summed E-state index contributed by atoms with van der Waals surface area (Å²) >= 11 is 6.53. The van der Waals surface area contributed by atoms with E-state index in [2.05, 4.69) is 57.0 Å². The number of rotatable bonds is 4. The van der Waals surface area contributed by atoms with Gasteiger partial charge in [-0.05, 0) is 67.0 Å². The largest absolute Gasteiger partial charge is 0.331 e. The Labute approximate surface area is 244 Å². The molecule has 1 aliphatic heterocycles. The highest BCUT2D eigenvalue weighted by molar-refractivity contribution is 6.30. The lowest BCUT2D eigenvalue weighted by Gasteiger charge is -2.39. The van der Waals surface area contributed by atoms with Crippen molar-refractivity contribution in [3.05, 3.63) is 111 Å². The Balaban J connectivity index is 1.29. The third kappa shape index (κ3) is 5.47. The fraction of sp³-hybridized carbons (Fsp3) is 0.250. The van der Waals surface area contributed by atoms with Gasteiger partial charge in [0, 0.05) is 62.6 Å². The first kappa shape index (κ1) is 26.8. The number of urea groups is 1. The number of imidazole rings is 1. The van der Waals surface area contributed by atoms with E-state index in [0.29, 0.717) is 49.0 Å². The van der Waals surface area contributed by atoms with Gasteiger partial charge in [0.2, 0.25) is 0 Å². The van der Waals surface area contributed by atoms with Crippen molar-refractivity contribution >= 4 is 35.0 Å². The minimum atomic E-state index is -0.142. The Kier molecular flexibility index (Phi) is 7.31. The number of piperazine rings is 1. The molecule has 0 radical (unpaired) electrons. The molecule has 0 saturated carbocycles. The van der Waals surface area contributed by atoms with E-state index in [0.717, 1.165) is 28.2 Å². The molecule has 2 aromatic carbocycles. The van der Waals surface area contributed by atoms with Gasteiger partial charge in [-0.2, -0.15) is 5.26 Å². The second kappa shape index (κ2) is 11.2. The predicted molar refractivity (Wildman–Crippen MR) is 160 cm³/mol. The van der Waals surface area contributed by atoms with E-state index < -0.39 is 0 Å². The van der Waals surface area contributed by atoms with E-state index in [9.17, 15) is 4.79 Å². The number of allylic oxidation sites excluding steroid dienone is 1. The molecule has 4 aromatic rings. The average molecular weight is 564 g/mol. The van der Waals surface area contributed by atoms with Crippen LogP contribution in [0.5, 0.6) is 0 Å². The molecule has 1 fully saturated rings. The summed E-state index contributed by atoms with van der Waals surface area (Å²) in [6.07, 6.45) is 7.81. The molecule has 1 aliphatic carbocycles. The van der Waals surface area contributed by atoms with Gasteiger partial charge in [0.1, 0.15) is 5.82 Å². The maximum Gasteiger partial charge on any atom is 0.321 e. The summed E-state index contributed by atoms with van der Waals surface area (Å²) in [5.74, 6) is 0.947. The summed E-state index contributed by atoms with van der Waals surface area (Å²) in [5, 5.41) is 12.6. The van der Waals surface area contributed by atoms with Crippen LogP contribution in [-0.4, -0.2) is 56.5 Å². The minimum absolute atomic E-state index is 0.0840. The van der Waals surface area contributed by atoms with Crippen molar-refractivity contribution in [3.8, 4) is 6.07 Å². The van der Waals surface area contributed by atoms with Crippen LogP contribution in [0.2, 0.25) is 5.02 Å². The third-order valence-corrected chi connectivity index (χ3v) is 8.06. The SMILES string of the molecule is Cc1ccc2c(c1)C=C(Cn1ccnc1C)c1cc(Cl)cnc1C2N1CCN(C(=O)Nc2ccc(C#N)cc2)CC1. The Hall–Kier alpha value is -4.45. The highest BCUT2D eigenvalue weighted by Gasteiger charge is 2.34. The Morgan fingerprint density at radius 3 is 2.56 bits per heavy atom. The molecule has 1 atom stereocenters. The Morgan fingerprint density at radius 2 is 1.85 bits per heavy atom. The van der Waals surface area contributed by atoms with Crippen molar-refractivity contribution in [1.29, 1.82) is 5.26 Å². The van der Waals surface area contributed by atoms with Crippen LogP contribution in [0.3, 0.4) is 0 Å². The number of anilines is 1. The summed E-state index contributed by atoms with van der Waals surface area (Å²) in [4.78, 5) is 26.6. The van der Waals surface area contributed by atoms with Gasteiger partial charge >= 0.3 is 6.03 Å². The second-order valence-corrected chi connectivity index (χ2v) is 11.0. The van der Waals surface area contributed by atoms with E-state index in [4.69, 9.17) is 21.8 Å². The average Bonchev–Trinajstić information content (AvgIpc) is 3.33. The van der Waals surface area contributed by atoms with Gasteiger partial charge in [0.25, 0.3) is 0 Å². The van der Waals surface area contributed by atoms with Gasteiger partial charge in [-0.1, -0.05) is 35.4 Å². The van der Waals surface area contributed by atoms with Gasteiger partial charge in [-0.3, -0.25) is 9.88 Å². The second-order valence-electron chi connectivity index (χ2n) is 10.5. The maximum absolute atomic E-state index is 13.0. The standard InChI is InChI=1S/C32H30ClN7O/c1-21-3-8-28-24(15-21)16-25(20-40-10-9-35-22(40)2)29-17-26(33)19-36-30(29)31(28)38-11-13-39(14-12-38)32(41)37-27-6-4-23(18-34)5-7-27/h3-10,15-17,19,31H,11-14,20H2,1-2H3,(H,37,41). The summed E-state index contributed by atoms with van der Waals surface area (Å²) in [5.41, 5.74) is 7.91. The smallest absolute Gasteiger partial charge is 0.321 e. The van der Waals surface area contributed by atoms with E-state index in [1.54, 1.807) is 30.5 Å². The molecule has 2 aromatic heterocycles. The number of carbonyl (C=O) groups is 1. The molecule has 0 bridgehead atoms. The molecular formula is C32H30ClN7O. The normalized spacial score (nSPS) is 16.7. The van der Waals surface area contributed by atoms with Crippen molar-refractivity contribution in [1.82, 2.24) is 24.3 Å². The number of nitrogens with one attached hydrogen (secondary N) is 1. The topological polar surface area (TPSA) is 90.1 Å². The molecule has 206 valence electrons. The Bertz CT molecular complexity index is 1680. The van der Waals surface area contributed by atoms with Crippen molar-refractivity contribution in [3.63, 3.8) is 0 Å². The molecule has 8 nitrogen and oxygen atoms in total. The summed E-state index contributed by atoms with van der Waals surface area (Å²) in [6.45, 7) is 7.32. The zero-order valence-corrected chi connectivity index (χ0v) is 23.8. The van der Waals surface area contributed by atoms with Crippen LogP contribution in [0, 0.1) is 25.2 Å². The van der Waals surface area contributed by atoms with Crippen molar-refractivity contribution in [2.24, 2.45) is 0 Å². The summed E-state index contributed by atoms with van der Waals surface area (Å²) in [7, 11) is 0. The van der Waals surface area contributed by atoms with E-state index in [-0.39, 0.29) is 12.1 Å². The van der Waals surface area contributed by atoms with Crippen LogP contribution < -0.4 is 5.32 Å². The molecule has 0 spiro atoms. The highest BCUT2D eigenvalue weighted by atomic mass is 35.5. The monoisotopic (exact) mass is 563 g/mol. The lowest BCUT2D eigenvalue weighted by molar-refractivity contribution is 0.125. The predicted octanol–water partition coefficient (Wildman–Crippen LogP) is 5.91. The third-order valence-electron chi connectivity index (χ3n) is 7.85. The fourth-order valence-corrected chi connectivity index (χ4v) is 5.83. The van der Waals surface area contributed by atoms with E-state index >= 15 is 0 Å². The van der Waals surface area contributed by atoms with Gasteiger partial charge in [0.15, 0.2) is 0 Å². The number of aromatic nitrogens is 3. The van der Waals surface area contributed by atoms with Crippen LogP contribution in [0.1, 0.15) is 45.4 Å². The lowest BCUT2D eigenvalue weighted by atomic mass is 9.94. The number of nitrogens with zero attached hydrogens (tertiary/aromatic N) is 6. The van der Waals surface area contributed by atoms with Gasteiger partial charge in [-0.25, -0.2) is 9.78 Å². The minimum Gasteiger partial charge on any atom is -0.331 e. The molecule has 2 aliphatic rings. The molecule has 2 amide bonds. The molecular weight excluding hydrogens is 534 g/mol. The van der Waals surface area contributed by atoms with Gasteiger partial charge in [-0.15, -0.1) is 0 Å². The summed E-state index contributed by atoms with van der Waals surface area (Å²) < 4.78 is 2.14. The number of amides is 2. The number of nitriles is 1. The zero-order valence-electron chi connectivity index (χ0n) is 23.0. The fourth-order valence-electron chi connectivity index (χ4n) is 5.67. The van der Waals surface area contributed by atoms with Crippen molar-refractivity contribution in [2.75, 3.05) is 31.5 Å². The molecule has 3 heterocycles. The first-order valence-electron chi connectivity index (χ1n) is 13.6. The van der Waals surface area contributed by atoms with Crippen LogP contribution in [0.25, 0.3) is 11.6 Å². The van der Waals surface area contributed by atoms with Gasteiger partial charge in [0.05, 0.1) is 28.4 Å². The van der Waals surface area contributed by atoms with Crippen LogP contribution in [0.4, 0.5) is 10.5 Å². The zero-order chi connectivity index (χ0) is 28.5. The molecule has 41 heavy (non-hydrogen) atoms. The van der Waals surface area contributed by atoms with Crippen LogP contribution in [0.15, 0.2) is 67.1 Å². The number of pyridine rings is 1. The van der Waals surface area contributed by atoms with Crippen molar-refractivity contribution < 1.29 is 4.79 Å². The number of halogens is 1. The van der Waals surface area contributed by atoms with Gasteiger partial charge < -0.3 is 14.8 Å².